The number of hydrogen-bond donors (Lipinski definition) is 2. The molecule has 0 spiro atoms. The van der Waals surface area contributed by atoms with Crippen LogP contribution in [0.2, 0.25) is 0 Å². The molecular weight excluding hydrogens is 156 g/mol. The Bertz CT molecular complexity index is 180. The normalized spacial score (nSPS) is 14.9. The molecule has 70 valence electrons. The molecule has 4 nitrogen and oxygen atoms in total. The van der Waals surface area contributed by atoms with Crippen molar-refractivity contribution < 1.29 is 9.59 Å². The van der Waals surface area contributed by atoms with E-state index in [4.69, 9.17) is 5.73 Å². The first kappa shape index (κ1) is 10.9. The van der Waals surface area contributed by atoms with E-state index in [9.17, 15) is 9.59 Å². The molecule has 0 rings (SSSR count). The fraction of sp³-hybridized carbons (Fsp3) is 0.750. The number of carbonyl (C=O) groups is 2. The highest BCUT2D eigenvalue weighted by Crippen LogP contribution is 2.00. The third-order valence-electron chi connectivity index (χ3n) is 1.85. The maximum Gasteiger partial charge on any atom is 0.239 e. The number of nitrogens with two attached hydrogens (primary N) is 1. The van der Waals surface area contributed by atoms with Crippen molar-refractivity contribution in [1.29, 1.82) is 0 Å². The largest absolute Gasteiger partial charge is 0.368 e. The molecule has 0 aromatic carbocycles. The van der Waals surface area contributed by atoms with Gasteiger partial charge in [-0.25, -0.2) is 0 Å². The maximum absolute atomic E-state index is 11.2. The van der Waals surface area contributed by atoms with Gasteiger partial charge in [0, 0.05) is 5.92 Å². The van der Waals surface area contributed by atoms with Crippen LogP contribution in [0.1, 0.15) is 27.2 Å². The smallest absolute Gasteiger partial charge is 0.239 e. The maximum atomic E-state index is 11.2. The van der Waals surface area contributed by atoms with E-state index >= 15 is 0 Å². The van der Waals surface area contributed by atoms with Crippen LogP contribution < -0.4 is 11.1 Å². The Kier molecular flexibility index (Phi) is 4.33. The van der Waals surface area contributed by atoms with Gasteiger partial charge in [-0.3, -0.25) is 9.59 Å². The predicted molar refractivity (Wildman–Crippen MR) is 46.3 cm³/mol. The van der Waals surface area contributed by atoms with Gasteiger partial charge >= 0.3 is 0 Å². The lowest BCUT2D eigenvalue weighted by Gasteiger charge is -2.13. The molecule has 0 aliphatic heterocycles. The summed E-state index contributed by atoms with van der Waals surface area (Å²) in [6.07, 6.45) is 0.761. The summed E-state index contributed by atoms with van der Waals surface area (Å²) in [6.45, 7) is 5.30. The number of primary amides is 1. The minimum absolute atomic E-state index is 0.0631. The lowest BCUT2D eigenvalue weighted by atomic mass is 10.1. The molecule has 0 bridgehead atoms. The van der Waals surface area contributed by atoms with E-state index in [-0.39, 0.29) is 11.8 Å². The van der Waals surface area contributed by atoms with Crippen molar-refractivity contribution in [2.45, 2.75) is 33.2 Å². The molecular formula is C8H16N2O2. The summed E-state index contributed by atoms with van der Waals surface area (Å²) in [5, 5.41) is 2.52. The first-order valence-electron chi connectivity index (χ1n) is 4.08. The fourth-order valence-electron chi connectivity index (χ4n) is 0.612. The number of nitrogens with one attached hydrogen (secondary N) is 1. The molecule has 0 aromatic heterocycles. The van der Waals surface area contributed by atoms with Crippen molar-refractivity contribution in [1.82, 2.24) is 5.32 Å². The van der Waals surface area contributed by atoms with E-state index in [0.717, 1.165) is 6.42 Å². The van der Waals surface area contributed by atoms with Crippen LogP contribution in [0.15, 0.2) is 0 Å². The van der Waals surface area contributed by atoms with Crippen molar-refractivity contribution in [3.63, 3.8) is 0 Å². The molecule has 0 saturated carbocycles. The van der Waals surface area contributed by atoms with Crippen LogP contribution in [-0.4, -0.2) is 17.9 Å². The standard InChI is InChI=1S/C8H16N2O2/c1-4-5(2)8(12)10-6(3)7(9)11/h5-6H,4H2,1-3H3,(H2,9,11)(H,10,12)/t5?,6-/m1/s1. The van der Waals surface area contributed by atoms with E-state index in [2.05, 4.69) is 5.32 Å². The molecule has 12 heavy (non-hydrogen) atoms. The van der Waals surface area contributed by atoms with Crippen LogP contribution in [0.5, 0.6) is 0 Å². The second-order valence-corrected chi connectivity index (χ2v) is 2.94. The fourth-order valence-corrected chi connectivity index (χ4v) is 0.612. The van der Waals surface area contributed by atoms with Gasteiger partial charge in [-0.05, 0) is 13.3 Å². The van der Waals surface area contributed by atoms with Gasteiger partial charge in [0.1, 0.15) is 6.04 Å². The zero-order valence-electron chi connectivity index (χ0n) is 7.76. The van der Waals surface area contributed by atoms with Crippen LogP contribution in [0.25, 0.3) is 0 Å². The van der Waals surface area contributed by atoms with E-state index < -0.39 is 11.9 Å². The summed E-state index contributed by atoms with van der Waals surface area (Å²) in [5.74, 6) is -0.692. The van der Waals surface area contributed by atoms with Crippen molar-refractivity contribution >= 4 is 11.8 Å². The predicted octanol–water partition coefficient (Wildman–Crippen LogP) is 0.0225. The highest BCUT2D eigenvalue weighted by atomic mass is 16.2. The van der Waals surface area contributed by atoms with Crippen LogP contribution >= 0.6 is 0 Å². The Morgan fingerprint density at radius 3 is 2.25 bits per heavy atom. The molecule has 4 heteroatoms. The van der Waals surface area contributed by atoms with E-state index in [1.54, 1.807) is 6.92 Å². The topological polar surface area (TPSA) is 72.2 Å². The van der Waals surface area contributed by atoms with Crippen molar-refractivity contribution in [3.8, 4) is 0 Å². The quantitative estimate of drug-likeness (QED) is 0.627. The Hall–Kier alpha value is -1.06. The summed E-state index contributed by atoms with van der Waals surface area (Å²) < 4.78 is 0. The molecule has 3 N–H and O–H groups in total. The van der Waals surface area contributed by atoms with Crippen LogP contribution in [0.3, 0.4) is 0 Å². The minimum atomic E-state index is -0.577. The van der Waals surface area contributed by atoms with Gasteiger partial charge in [0.25, 0.3) is 0 Å². The van der Waals surface area contributed by atoms with Gasteiger partial charge in [-0.15, -0.1) is 0 Å². The third kappa shape index (κ3) is 3.37. The van der Waals surface area contributed by atoms with Crippen LogP contribution in [-0.2, 0) is 9.59 Å². The SMILES string of the molecule is CCC(C)C(=O)N[C@H](C)C(N)=O. The molecule has 0 saturated heterocycles. The minimum Gasteiger partial charge on any atom is -0.368 e. The Morgan fingerprint density at radius 2 is 1.92 bits per heavy atom. The summed E-state index contributed by atoms with van der Waals surface area (Å²) in [4.78, 5) is 21.7. The second-order valence-electron chi connectivity index (χ2n) is 2.94. The van der Waals surface area contributed by atoms with E-state index in [0.29, 0.717) is 0 Å². The van der Waals surface area contributed by atoms with Crippen molar-refractivity contribution in [2.75, 3.05) is 0 Å². The third-order valence-corrected chi connectivity index (χ3v) is 1.85. The lowest BCUT2D eigenvalue weighted by molar-refractivity contribution is -0.129. The van der Waals surface area contributed by atoms with E-state index in [1.807, 2.05) is 13.8 Å². The van der Waals surface area contributed by atoms with Crippen molar-refractivity contribution in [3.05, 3.63) is 0 Å². The molecule has 0 fully saturated rings. The van der Waals surface area contributed by atoms with Crippen LogP contribution in [0, 0.1) is 5.92 Å². The molecule has 2 atom stereocenters. The molecule has 0 aromatic rings. The summed E-state index contributed by atoms with van der Waals surface area (Å²) in [6, 6.07) is -0.577. The Morgan fingerprint density at radius 1 is 1.42 bits per heavy atom. The monoisotopic (exact) mass is 172 g/mol. The van der Waals surface area contributed by atoms with Gasteiger partial charge < -0.3 is 11.1 Å². The first-order chi connectivity index (χ1) is 5.49. The van der Waals surface area contributed by atoms with Gasteiger partial charge in [0.2, 0.25) is 11.8 Å². The average molecular weight is 172 g/mol. The summed E-state index contributed by atoms with van der Waals surface area (Å²) in [5.41, 5.74) is 4.97. The van der Waals surface area contributed by atoms with Crippen molar-refractivity contribution in [2.24, 2.45) is 11.7 Å². The second kappa shape index (κ2) is 4.74. The Balaban J connectivity index is 3.92. The Labute approximate surface area is 72.5 Å². The molecule has 0 aliphatic rings. The number of hydrogen-bond acceptors (Lipinski definition) is 2. The lowest BCUT2D eigenvalue weighted by Crippen LogP contribution is -2.44. The highest BCUT2D eigenvalue weighted by molar-refractivity contribution is 5.86. The number of rotatable bonds is 4. The molecule has 0 aliphatic carbocycles. The number of carbonyl (C=O) groups excluding carboxylic acids is 2. The average Bonchev–Trinajstić information content (AvgIpc) is 2.02. The van der Waals surface area contributed by atoms with Crippen LogP contribution in [0.4, 0.5) is 0 Å². The van der Waals surface area contributed by atoms with E-state index in [1.165, 1.54) is 0 Å². The summed E-state index contributed by atoms with van der Waals surface area (Å²) >= 11 is 0. The molecule has 2 amide bonds. The zero-order chi connectivity index (χ0) is 9.72. The van der Waals surface area contributed by atoms with Gasteiger partial charge in [-0.1, -0.05) is 13.8 Å². The highest BCUT2D eigenvalue weighted by Gasteiger charge is 2.15. The number of amides is 2. The molecule has 0 radical (unpaired) electrons. The molecule has 0 heterocycles. The zero-order valence-corrected chi connectivity index (χ0v) is 7.76. The summed E-state index contributed by atoms with van der Waals surface area (Å²) in [7, 11) is 0. The molecule has 1 unspecified atom stereocenters. The van der Waals surface area contributed by atoms with Gasteiger partial charge in [0.05, 0.1) is 0 Å². The van der Waals surface area contributed by atoms with Gasteiger partial charge in [0.15, 0.2) is 0 Å². The first-order valence-corrected chi connectivity index (χ1v) is 4.08. The van der Waals surface area contributed by atoms with Gasteiger partial charge in [-0.2, -0.15) is 0 Å².